The molecule has 0 radical (unpaired) electrons. The molecule has 3 N–H and O–H groups in total. The number of nitrogens with zero attached hydrogens (tertiary/aromatic N) is 2. The topological polar surface area (TPSA) is 65.1 Å². The first-order valence-electron chi connectivity index (χ1n) is 6.19. The van der Waals surface area contributed by atoms with Crippen molar-refractivity contribution in [2.45, 2.75) is 18.9 Å². The minimum absolute atomic E-state index is 0.448. The molecule has 0 spiro atoms. The Balaban J connectivity index is 1.48. The predicted molar refractivity (Wildman–Crippen MR) is 81.9 cm³/mol. The Morgan fingerprint density at radius 2 is 2.42 bits per heavy atom. The summed E-state index contributed by atoms with van der Waals surface area (Å²) in [7, 11) is 0. The fourth-order valence-corrected chi connectivity index (χ4v) is 3.17. The molecule has 0 saturated heterocycles. The minimum Gasteiger partial charge on any atom is -0.358 e. The zero-order chi connectivity index (χ0) is 13.2. The summed E-state index contributed by atoms with van der Waals surface area (Å²) < 4.78 is 0.871. The Morgan fingerprint density at radius 1 is 1.53 bits per heavy atom. The molecule has 5 nitrogen and oxygen atoms in total. The number of nitrogens with one attached hydrogen (secondary N) is 3. The quantitative estimate of drug-likeness (QED) is 0.341. The van der Waals surface area contributed by atoms with E-state index < -0.39 is 0 Å². The minimum atomic E-state index is 0.448. The van der Waals surface area contributed by atoms with Gasteiger partial charge in [0, 0.05) is 6.04 Å². The fourth-order valence-electron chi connectivity index (χ4n) is 2.67. The summed E-state index contributed by atoms with van der Waals surface area (Å²) in [4.78, 5) is 0. The second-order valence-electron chi connectivity index (χ2n) is 4.86. The third-order valence-corrected chi connectivity index (χ3v) is 4.42. The molecule has 2 aliphatic rings. The third-order valence-electron chi connectivity index (χ3n) is 3.58. The van der Waals surface area contributed by atoms with Gasteiger partial charge in [0.25, 0.3) is 0 Å². The number of aromatic amines is 1. The number of hydrogen-bond donors (Lipinski definition) is 3. The van der Waals surface area contributed by atoms with Crippen LogP contribution in [0.3, 0.4) is 0 Å². The lowest BCUT2D eigenvalue weighted by Gasteiger charge is -2.20. The van der Waals surface area contributed by atoms with E-state index in [0.717, 1.165) is 16.1 Å². The van der Waals surface area contributed by atoms with Crippen LogP contribution in [0.4, 0.5) is 0 Å². The van der Waals surface area contributed by atoms with E-state index in [1.165, 1.54) is 12.8 Å². The first-order chi connectivity index (χ1) is 9.22. The van der Waals surface area contributed by atoms with E-state index in [0.29, 0.717) is 17.1 Å². The lowest BCUT2D eigenvalue weighted by Crippen LogP contribution is -2.42. The molecular formula is C12H14BrN5S. The van der Waals surface area contributed by atoms with Crippen molar-refractivity contribution in [1.82, 2.24) is 20.9 Å². The highest BCUT2D eigenvalue weighted by Crippen LogP contribution is 2.38. The zero-order valence-electron chi connectivity index (χ0n) is 10.1. The van der Waals surface area contributed by atoms with Crippen LogP contribution in [0, 0.1) is 11.8 Å². The Hall–Kier alpha value is -1.21. The molecule has 3 rings (SSSR count). The maximum absolute atomic E-state index is 5.24. The molecule has 1 saturated carbocycles. The summed E-state index contributed by atoms with van der Waals surface area (Å²) in [5, 5.41) is 14.7. The van der Waals surface area contributed by atoms with E-state index in [2.05, 4.69) is 54.1 Å². The number of fused-ring (bicyclic) bond motifs is 2. The Morgan fingerprint density at radius 3 is 3.05 bits per heavy atom. The molecule has 7 heteroatoms. The van der Waals surface area contributed by atoms with Gasteiger partial charge in [0.15, 0.2) is 5.11 Å². The van der Waals surface area contributed by atoms with E-state index in [-0.39, 0.29) is 0 Å². The van der Waals surface area contributed by atoms with Crippen LogP contribution in [0.1, 0.15) is 18.5 Å². The number of H-pyrrole nitrogens is 1. The lowest BCUT2D eigenvalue weighted by atomic mass is 10.0. The summed E-state index contributed by atoms with van der Waals surface area (Å²) in [6.07, 6.45) is 10.3. The normalized spacial score (nSPS) is 28.2. The van der Waals surface area contributed by atoms with E-state index in [9.17, 15) is 0 Å². The Kier molecular flexibility index (Phi) is 3.65. The van der Waals surface area contributed by atoms with E-state index in [4.69, 9.17) is 12.2 Å². The second-order valence-corrected chi connectivity index (χ2v) is 6.12. The molecule has 0 aromatic carbocycles. The van der Waals surface area contributed by atoms with Gasteiger partial charge in [-0.05, 0) is 52.8 Å². The van der Waals surface area contributed by atoms with Gasteiger partial charge in [-0.2, -0.15) is 10.2 Å². The molecule has 0 aliphatic heterocycles. The zero-order valence-corrected chi connectivity index (χ0v) is 12.5. The largest absolute Gasteiger partial charge is 0.358 e. The van der Waals surface area contributed by atoms with Crippen LogP contribution in [0.5, 0.6) is 0 Å². The van der Waals surface area contributed by atoms with Crippen LogP contribution in [-0.2, 0) is 0 Å². The van der Waals surface area contributed by atoms with Crippen molar-refractivity contribution in [2.24, 2.45) is 16.9 Å². The van der Waals surface area contributed by atoms with Crippen LogP contribution < -0.4 is 10.7 Å². The summed E-state index contributed by atoms with van der Waals surface area (Å²) in [5.41, 5.74) is 3.64. The van der Waals surface area contributed by atoms with Crippen molar-refractivity contribution in [3.05, 3.63) is 28.5 Å². The highest BCUT2D eigenvalue weighted by atomic mass is 79.9. The van der Waals surface area contributed by atoms with Crippen molar-refractivity contribution in [3.63, 3.8) is 0 Å². The van der Waals surface area contributed by atoms with Crippen molar-refractivity contribution in [2.75, 3.05) is 0 Å². The Bertz CT molecular complexity index is 538. The predicted octanol–water partition coefficient (Wildman–Crippen LogP) is 1.93. The highest BCUT2D eigenvalue weighted by Gasteiger charge is 2.35. The van der Waals surface area contributed by atoms with Gasteiger partial charge in [-0.15, -0.1) is 0 Å². The standard InChI is InChI=1S/C12H14BrN5S/c13-9-5-14-17-11(9)6-15-18-12(19)16-10-4-7-1-2-8(10)3-7/h1-2,5-8,10H,3-4H2,(H,14,17)(H2,16,18,19). The number of thiocarbonyl (C=S) groups is 1. The number of hydrazone groups is 1. The van der Waals surface area contributed by atoms with Gasteiger partial charge in [0.2, 0.25) is 0 Å². The first-order valence-corrected chi connectivity index (χ1v) is 7.39. The molecule has 2 aliphatic carbocycles. The van der Waals surface area contributed by atoms with Gasteiger partial charge in [-0.25, -0.2) is 0 Å². The summed E-state index contributed by atoms with van der Waals surface area (Å²) >= 11 is 8.59. The maximum atomic E-state index is 5.24. The van der Waals surface area contributed by atoms with Crippen LogP contribution in [0.15, 0.2) is 27.9 Å². The van der Waals surface area contributed by atoms with Gasteiger partial charge in [-0.3, -0.25) is 10.5 Å². The van der Waals surface area contributed by atoms with Crippen molar-refractivity contribution >= 4 is 39.5 Å². The molecule has 3 unspecified atom stereocenters. The van der Waals surface area contributed by atoms with E-state index >= 15 is 0 Å². The molecule has 0 amide bonds. The van der Waals surface area contributed by atoms with Gasteiger partial charge >= 0.3 is 0 Å². The molecule has 1 fully saturated rings. The van der Waals surface area contributed by atoms with Gasteiger partial charge in [0.05, 0.1) is 22.6 Å². The Labute approximate surface area is 125 Å². The number of allylic oxidation sites excluding steroid dienone is 1. The van der Waals surface area contributed by atoms with E-state index in [1.807, 2.05) is 0 Å². The number of halogens is 1. The van der Waals surface area contributed by atoms with Crippen LogP contribution in [0.25, 0.3) is 0 Å². The molecule has 2 bridgehead atoms. The van der Waals surface area contributed by atoms with Crippen LogP contribution in [0.2, 0.25) is 0 Å². The van der Waals surface area contributed by atoms with Gasteiger partial charge in [-0.1, -0.05) is 12.2 Å². The summed E-state index contributed by atoms with van der Waals surface area (Å²) in [6, 6.07) is 0.448. The number of hydrogen-bond acceptors (Lipinski definition) is 3. The number of rotatable bonds is 3. The van der Waals surface area contributed by atoms with Crippen LogP contribution in [-0.4, -0.2) is 27.6 Å². The average Bonchev–Trinajstić information content (AvgIpc) is 3.07. The van der Waals surface area contributed by atoms with Crippen molar-refractivity contribution in [1.29, 1.82) is 0 Å². The average molecular weight is 340 g/mol. The third kappa shape index (κ3) is 2.87. The summed E-state index contributed by atoms with van der Waals surface area (Å²) in [5.74, 6) is 1.35. The SMILES string of the molecule is S=C(NN=Cc1[nH]ncc1Br)NC1CC2C=CC1C2. The van der Waals surface area contributed by atoms with Crippen molar-refractivity contribution < 1.29 is 0 Å². The van der Waals surface area contributed by atoms with Crippen LogP contribution >= 0.6 is 28.1 Å². The maximum Gasteiger partial charge on any atom is 0.187 e. The molecule has 19 heavy (non-hydrogen) atoms. The highest BCUT2D eigenvalue weighted by molar-refractivity contribution is 9.10. The lowest BCUT2D eigenvalue weighted by molar-refractivity contribution is 0.521. The van der Waals surface area contributed by atoms with Gasteiger partial charge in [0.1, 0.15) is 0 Å². The number of aromatic nitrogens is 2. The molecule has 1 aromatic heterocycles. The van der Waals surface area contributed by atoms with Crippen molar-refractivity contribution in [3.8, 4) is 0 Å². The first kappa shape index (κ1) is 12.8. The molecular weight excluding hydrogens is 326 g/mol. The smallest absolute Gasteiger partial charge is 0.187 e. The fraction of sp³-hybridized carbons (Fsp3) is 0.417. The van der Waals surface area contributed by atoms with E-state index in [1.54, 1.807) is 12.4 Å². The molecule has 1 aromatic rings. The summed E-state index contributed by atoms with van der Waals surface area (Å²) in [6.45, 7) is 0. The molecule has 1 heterocycles. The molecule has 100 valence electrons. The second kappa shape index (κ2) is 5.42. The monoisotopic (exact) mass is 339 g/mol. The molecule has 3 atom stereocenters. The van der Waals surface area contributed by atoms with Gasteiger partial charge < -0.3 is 5.32 Å².